The van der Waals surface area contributed by atoms with E-state index in [4.69, 9.17) is 0 Å². The van der Waals surface area contributed by atoms with Crippen molar-refractivity contribution in [2.45, 2.75) is 13.1 Å². The molecular weight excluding hydrogens is 424 g/mol. The van der Waals surface area contributed by atoms with Crippen LogP contribution in [0, 0.1) is 0 Å². The number of benzene rings is 3. The first-order valence-electron chi connectivity index (χ1n) is 11.6. The molecule has 3 aromatic carbocycles. The highest BCUT2D eigenvalue weighted by atomic mass is 16.2. The van der Waals surface area contributed by atoms with Crippen molar-refractivity contribution in [1.82, 2.24) is 14.8 Å². The van der Waals surface area contributed by atoms with Crippen LogP contribution in [0.25, 0.3) is 10.9 Å². The predicted octanol–water partition coefficient (Wildman–Crippen LogP) is 4.10. The van der Waals surface area contributed by atoms with Gasteiger partial charge in [-0.25, -0.2) is 0 Å². The van der Waals surface area contributed by atoms with Gasteiger partial charge in [0.15, 0.2) is 0 Å². The molecule has 0 atom stereocenters. The number of piperazine rings is 1. The van der Waals surface area contributed by atoms with Crippen molar-refractivity contribution in [1.29, 1.82) is 0 Å². The van der Waals surface area contributed by atoms with Crippen LogP contribution in [0.1, 0.15) is 21.5 Å². The molecule has 0 radical (unpaired) electrons. The van der Waals surface area contributed by atoms with Gasteiger partial charge >= 0.3 is 0 Å². The molecule has 1 aliphatic rings. The first kappa shape index (κ1) is 22.1. The number of pyridine rings is 1. The van der Waals surface area contributed by atoms with E-state index < -0.39 is 5.91 Å². The largest absolute Gasteiger partial charge is 0.360 e. The Labute approximate surface area is 198 Å². The van der Waals surface area contributed by atoms with E-state index in [-0.39, 0.29) is 11.0 Å². The second-order valence-electron chi connectivity index (χ2n) is 8.77. The molecule has 34 heavy (non-hydrogen) atoms. The van der Waals surface area contributed by atoms with Crippen LogP contribution in [0.5, 0.6) is 0 Å². The van der Waals surface area contributed by atoms with Crippen molar-refractivity contribution >= 4 is 22.5 Å². The number of anilines is 1. The number of hydrogen-bond acceptors (Lipinski definition) is 4. The molecule has 5 rings (SSSR count). The third-order valence-corrected chi connectivity index (χ3v) is 6.36. The molecular formula is C28H28N4O2. The first-order valence-corrected chi connectivity index (χ1v) is 11.6. The smallest absolute Gasteiger partial charge is 0.261 e. The SMILES string of the molecule is O=C(Nc1ccc(CN2CCN(Cc3ccccc3)CC2)cc1)c1c[nH]c2ccccc2c1=O. The number of H-pyrrole nitrogens is 1. The summed E-state index contributed by atoms with van der Waals surface area (Å²) >= 11 is 0. The van der Waals surface area contributed by atoms with E-state index in [0.29, 0.717) is 16.6 Å². The Kier molecular flexibility index (Phi) is 6.51. The van der Waals surface area contributed by atoms with Gasteiger partial charge in [-0.3, -0.25) is 19.4 Å². The van der Waals surface area contributed by atoms with Gasteiger partial charge in [0.05, 0.1) is 0 Å². The Morgan fingerprint density at radius 1 is 0.765 bits per heavy atom. The van der Waals surface area contributed by atoms with Crippen molar-refractivity contribution in [2.75, 3.05) is 31.5 Å². The van der Waals surface area contributed by atoms with Crippen molar-refractivity contribution in [2.24, 2.45) is 0 Å². The van der Waals surface area contributed by atoms with Crippen LogP contribution in [0.15, 0.2) is 89.9 Å². The molecule has 1 aliphatic heterocycles. The maximum Gasteiger partial charge on any atom is 0.261 e. The Hall–Kier alpha value is -3.74. The fraction of sp³-hybridized carbons (Fsp3) is 0.214. The maximum atomic E-state index is 12.7. The molecule has 0 spiro atoms. The summed E-state index contributed by atoms with van der Waals surface area (Å²) in [5, 5.41) is 3.35. The molecule has 1 aromatic heterocycles. The molecule has 4 aromatic rings. The molecule has 0 unspecified atom stereocenters. The summed E-state index contributed by atoms with van der Waals surface area (Å²) in [6, 6.07) is 25.7. The van der Waals surface area contributed by atoms with Gasteiger partial charge in [-0.2, -0.15) is 0 Å². The Balaban J connectivity index is 1.15. The number of rotatable bonds is 6. The number of fused-ring (bicyclic) bond motifs is 1. The number of aromatic amines is 1. The summed E-state index contributed by atoms with van der Waals surface area (Å²) in [5.41, 5.74) is 3.80. The minimum atomic E-state index is -0.408. The van der Waals surface area contributed by atoms with Crippen molar-refractivity contribution in [3.05, 3.63) is 112 Å². The molecule has 172 valence electrons. The summed E-state index contributed by atoms with van der Waals surface area (Å²) in [5.74, 6) is -0.408. The van der Waals surface area contributed by atoms with Gasteiger partial charge in [0.25, 0.3) is 5.91 Å². The zero-order valence-electron chi connectivity index (χ0n) is 19.0. The maximum absolute atomic E-state index is 12.7. The number of hydrogen-bond donors (Lipinski definition) is 2. The Bertz CT molecular complexity index is 1320. The first-order chi connectivity index (χ1) is 16.7. The highest BCUT2D eigenvalue weighted by Gasteiger charge is 2.17. The minimum Gasteiger partial charge on any atom is -0.360 e. The highest BCUT2D eigenvalue weighted by molar-refractivity contribution is 6.05. The molecule has 1 saturated heterocycles. The van der Waals surface area contributed by atoms with E-state index in [0.717, 1.165) is 39.3 Å². The standard InChI is InChI=1S/C28H28N4O2/c33-27-24-8-4-5-9-26(24)29-18-25(27)28(34)30-23-12-10-22(11-13-23)20-32-16-14-31(15-17-32)19-21-6-2-1-3-7-21/h1-13,18H,14-17,19-20H2,(H,29,33)(H,30,34). The van der Waals surface area contributed by atoms with Crippen LogP contribution in [0.4, 0.5) is 5.69 Å². The van der Waals surface area contributed by atoms with E-state index >= 15 is 0 Å². The molecule has 0 aliphatic carbocycles. The molecule has 2 heterocycles. The van der Waals surface area contributed by atoms with E-state index in [1.165, 1.54) is 17.3 Å². The zero-order chi connectivity index (χ0) is 23.3. The van der Waals surface area contributed by atoms with Gasteiger partial charge in [0.1, 0.15) is 5.56 Å². The van der Waals surface area contributed by atoms with Gasteiger partial charge in [-0.1, -0.05) is 54.6 Å². The molecule has 1 amide bonds. The Morgan fingerprint density at radius 3 is 2.03 bits per heavy atom. The monoisotopic (exact) mass is 452 g/mol. The summed E-state index contributed by atoms with van der Waals surface area (Å²) in [6.45, 7) is 6.08. The van der Waals surface area contributed by atoms with Crippen molar-refractivity contribution in [3.8, 4) is 0 Å². The zero-order valence-corrected chi connectivity index (χ0v) is 19.0. The molecule has 0 bridgehead atoms. The van der Waals surface area contributed by atoms with Gasteiger partial charge in [-0.05, 0) is 35.4 Å². The summed E-state index contributed by atoms with van der Waals surface area (Å²) in [6.07, 6.45) is 1.48. The van der Waals surface area contributed by atoms with E-state index in [9.17, 15) is 9.59 Å². The lowest BCUT2D eigenvalue weighted by Gasteiger charge is -2.34. The van der Waals surface area contributed by atoms with Gasteiger partial charge < -0.3 is 10.3 Å². The molecule has 6 heteroatoms. The normalized spacial score (nSPS) is 14.8. The van der Waals surface area contributed by atoms with Crippen LogP contribution < -0.4 is 10.7 Å². The van der Waals surface area contributed by atoms with E-state index in [1.807, 2.05) is 36.4 Å². The van der Waals surface area contributed by atoms with Gasteiger partial charge in [0, 0.05) is 62.1 Å². The quantitative estimate of drug-likeness (QED) is 0.462. The third kappa shape index (κ3) is 5.09. The van der Waals surface area contributed by atoms with Crippen molar-refractivity contribution in [3.63, 3.8) is 0 Å². The molecule has 1 fully saturated rings. The number of carbonyl (C=O) groups excluding carboxylic acids is 1. The minimum absolute atomic E-state index is 0.108. The number of amides is 1. The second kappa shape index (κ2) is 10.0. The fourth-order valence-corrected chi connectivity index (χ4v) is 4.43. The Morgan fingerprint density at radius 2 is 1.35 bits per heavy atom. The molecule has 2 N–H and O–H groups in total. The van der Waals surface area contributed by atoms with Crippen LogP contribution in [-0.4, -0.2) is 46.9 Å². The van der Waals surface area contributed by atoms with Crippen LogP contribution in [-0.2, 0) is 13.1 Å². The summed E-state index contributed by atoms with van der Waals surface area (Å²) in [4.78, 5) is 33.4. The van der Waals surface area contributed by atoms with Gasteiger partial charge in [0.2, 0.25) is 5.43 Å². The lowest BCUT2D eigenvalue weighted by Crippen LogP contribution is -2.45. The average Bonchev–Trinajstić information content (AvgIpc) is 2.87. The lowest BCUT2D eigenvalue weighted by atomic mass is 10.1. The van der Waals surface area contributed by atoms with Crippen LogP contribution in [0.3, 0.4) is 0 Å². The average molecular weight is 453 g/mol. The number of nitrogens with one attached hydrogen (secondary N) is 2. The van der Waals surface area contributed by atoms with Crippen LogP contribution in [0.2, 0.25) is 0 Å². The van der Waals surface area contributed by atoms with E-state index in [1.54, 1.807) is 12.1 Å². The fourth-order valence-electron chi connectivity index (χ4n) is 4.43. The summed E-state index contributed by atoms with van der Waals surface area (Å²) in [7, 11) is 0. The van der Waals surface area contributed by atoms with Gasteiger partial charge in [-0.15, -0.1) is 0 Å². The van der Waals surface area contributed by atoms with Crippen molar-refractivity contribution < 1.29 is 4.79 Å². The number of nitrogens with zero attached hydrogens (tertiary/aromatic N) is 2. The molecule has 6 nitrogen and oxygen atoms in total. The lowest BCUT2D eigenvalue weighted by molar-refractivity contribution is 0.102. The number of para-hydroxylation sites is 1. The second-order valence-corrected chi connectivity index (χ2v) is 8.77. The highest BCUT2D eigenvalue weighted by Crippen LogP contribution is 2.15. The predicted molar refractivity (Wildman–Crippen MR) is 136 cm³/mol. The van der Waals surface area contributed by atoms with E-state index in [2.05, 4.69) is 50.4 Å². The molecule has 0 saturated carbocycles. The van der Waals surface area contributed by atoms with Crippen LogP contribution >= 0.6 is 0 Å². The number of carbonyl (C=O) groups is 1. The third-order valence-electron chi connectivity index (χ3n) is 6.36. The topological polar surface area (TPSA) is 68.4 Å². The number of aromatic nitrogens is 1. The summed E-state index contributed by atoms with van der Waals surface area (Å²) < 4.78 is 0.